The van der Waals surface area contributed by atoms with Crippen molar-refractivity contribution in [2.45, 2.75) is 6.04 Å². The molecule has 1 aromatic heterocycles. The number of hydrogen-bond donors (Lipinski definition) is 1. The molecule has 0 aliphatic rings. The Morgan fingerprint density at radius 2 is 1.44 bits per heavy atom. The maximum Gasteiger partial charge on any atom is 0.244 e. The van der Waals surface area contributed by atoms with Gasteiger partial charge < -0.3 is 28.8 Å². The first kappa shape index (κ1) is 22.7. The molecule has 32 heavy (non-hydrogen) atoms. The molecular formula is C24H27N3O5. The molecule has 0 saturated carbocycles. The van der Waals surface area contributed by atoms with Crippen LogP contribution < -0.4 is 24.3 Å². The lowest BCUT2D eigenvalue weighted by molar-refractivity contribution is -0.117. The van der Waals surface area contributed by atoms with Gasteiger partial charge in [-0.25, -0.2) is 4.98 Å². The highest BCUT2D eigenvalue weighted by molar-refractivity contribution is 5.92. The average Bonchev–Trinajstić information content (AvgIpc) is 3.25. The average molecular weight is 437 g/mol. The number of imidazole rings is 1. The standard InChI is InChI=1S/C24H27N3O5/c1-27-9-8-25-24(27)23(17-12-20(31-4)15-21(13-17)32-5)26-22(28)7-6-16-10-18(29-2)14-19(11-16)30-3/h6-15,23H,1-5H3,(H,26,28)/b7-6+. The Morgan fingerprint density at radius 1 is 0.906 bits per heavy atom. The van der Waals surface area contributed by atoms with Crippen molar-refractivity contribution in [1.29, 1.82) is 0 Å². The van der Waals surface area contributed by atoms with Crippen LogP contribution in [-0.2, 0) is 11.8 Å². The third-order valence-electron chi connectivity index (χ3n) is 4.91. The Hall–Kier alpha value is -3.94. The highest BCUT2D eigenvalue weighted by Gasteiger charge is 2.21. The molecule has 0 radical (unpaired) electrons. The summed E-state index contributed by atoms with van der Waals surface area (Å²) in [6.45, 7) is 0. The van der Waals surface area contributed by atoms with E-state index in [0.717, 1.165) is 11.1 Å². The van der Waals surface area contributed by atoms with Crippen LogP contribution in [0, 0.1) is 0 Å². The van der Waals surface area contributed by atoms with Gasteiger partial charge in [0.25, 0.3) is 0 Å². The molecule has 1 atom stereocenters. The highest BCUT2D eigenvalue weighted by Crippen LogP contribution is 2.29. The second kappa shape index (κ2) is 10.4. The molecule has 3 rings (SSSR count). The minimum atomic E-state index is -0.518. The monoisotopic (exact) mass is 437 g/mol. The Morgan fingerprint density at radius 3 is 1.91 bits per heavy atom. The lowest BCUT2D eigenvalue weighted by Gasteiger charge is -2.20. The number of nitrogens with one attached hydrogen (secondary N) is 1. The van der Waals surface area contributed by atoms with Gasteiger partial charge in [0, 0.05) is 37.7 Å². The van der Waals surface area contributed by atoms with Crippen molar-refractivity contribution in [2.75, 3.05) is 28.4 Å². The van der Waals surface area contributed by atoms with E-state index in [-0.39, 0.29) is 5.91 Å². The van der Waals surface area contributed by atoms with Crippen molar-refractivity contribution in [1.82, 2.24) is 14.9 Å². The summed E-state index contributed by atoms with van der Waals surface area (Å²) in [5, 5.41) is 3.02. The van der Waals surface area contributed by atoms with Crippen LogP contribution in [0.25, 0.3) is 6.08 Å². The molecule has 0 bridgehead atoms. The Kier molecular flexibility index (Phi) is 7.38. The molecule has 0 saturated heterocycles. The fourth-order valence-electron chi connectivity index (χ4n) is 3.24. The second-order valence-corrected chi connectivity index (χ2v) is 6.96. The molecule has 0 aliphatic heterocycles. The number of amides is 1. The van der Waals surface area contributed by atoms with Gasteiger partial charge in [-0.05, 0) is 41.5 Å². The maximum absolute atomic E-state index is 12.9. The van der Waals surface area contributed by atoms with Gasteiger partial charge in [-0.3, -0.25) is 4.79 Å². The van der Waals surface area contributed by atoms with Gasteiger partial charge in [0.15, 0.2) is 0 Å². The zero-order valence-electron chi connectivity index (χ0n) is 18.8. The number of hydrogen-bond acceptors (Lipinski definition) is 6. The van der Waals surface area contributed by atoms with Crippen LogP contribution in [0.5, 0.6) is 23.0 Å². The number of aryl methyl sites for hydroxylation is 1. The maximum atomic E-state index is 12.9. The van der Waals surface area contributed by atoms with Gasteiger partial charge >= 0.3 is 0 Å². The normalized spacial score (nSPS) is 11.8. The molecule has 3 aromatic rings. The van der Waals surface area contributed by atoms with Crippen molar-refractivity contribution in [2.24, 2.45) is 7.05 Å². The summed E-state index contributed by atoms with van der Waals surface area (Å²) < 4.78 is 23.2. The summed E-state index contributed by atoms with van der Waals surface area (Å²) in [5.41, 5.74) is 1.55. The van der Waals surface area contributed by atoms with Crippen molar-refractivity contribution in [3.8, 4) is 23.0 Å². The smallest absolute Gasteiger partial charge is 0.244 e. The highest BCUT2D eigenvalue weighted by atomic mass is 16.5. The van der Waals surface area contributed by atoms with Crippen LogP contribution in [0.4, 0.5) is 0 Å². The SMILES string of the molecule is COc1cc(/C=C/C(=O)NC(c2cc(OC)cc(OC)c2)c2nccn2C)cc(OC)c1. The van der Waals surface area contributed by atoms with Crippen molar-refractivity contribution < 1.29 is 23.7 Å². The molecule has 168 valence electrons. The number of aromatic nitrogens is 2. The first-order valence-electron chi connectivity index (χ1n) is 9.89. The van der Waals surface area contributed by atoms with E-state index in [9.17, 15) is 4.79 Å². The molecule has 2 aromatic carbocycles. The van der Waals surface area contributed by atoms with Gasteiger partial charge in [-0.2, -0.15) is 0 Å². The molecule has 1 unspecified atom stereocenters. The number of benzene rings is 2. The number of ether oxygens (including phenoxy) is 4. The van der Waals surface area contributed by atoms with E-state index in [1.165, 1.54) is 6.08 Å². The summed E-state index contributed by atoms with van der Waals surface area (Å²) >= 11 is 0. The zero-order valence-corrected chi connectivity index (χ0v) is 18.8. The molecule has 0 spiro atoms. The van der Waals surface area contributed by atoms with Gasteiger partial charge in [0.05, 0.1) is 28.4 Å². The van der Waals surface area contributed by atoms with E-state index in [1.807, 2.05) is 42.1 Å². The molecule has 1 N–H and O–H groups in total. The molecule has 0 fully saturated rings. The first-order chi connectivity index (χ1) is 15.5. The van der Waals surface area contributed by atoms with Gasteiger partial charge in [-0.15, -0.1) is 0 Å². The minimum absolute atomic E-state index is 0.290. The molecule has 1 heterocycles. The number of carbonyl (C=O) groups excluding carboxylic acids is 1. The van der Waals surface area contributed by atoms with Crippen LogP contribution in [-0.4, -0.2) is 43.9 Å². The van der Waals surface area contributed by atoms with Crippen LogP contribution in [0.15, 0.2) is 54.9 Å². The number of rotatable bonds is 9. The van der Waals surface area contributed by atoms with Crippen molar-refractivity contribution >= 4 is 12.0 Å². The van der Waals surface area contributed by atoms with Crippen molar-refractivity contribution in [3.05, 3.63) is 71.8 Å². The molecule has 8 nitrogen and oxygen atoms in total. The number of carbonyl (C=O) groups is 1. The van der Waals surface area contributed by atoms with Crippen LogP contribution in [0.1, 0.15) is 23.0 Å². The fourth-order valence-corrected chi connectivity index (χ4v) is 3.24. The molecule has 1 amide bonds. The van der Waals surface area contributed by atoms with Crippen LogP contribution in [0.3, 0.4) is 0 Å². The van der Waals surface area contributed by atoms with Crippen LogP contribution >= 0.6 is 0 Å². The fraction of sp³-hybridized carbons (Fsp3) is 0.250. The minimum Gasteiger partial charge on any atom is -0.497 e. The largest absolute Gasteiger partial charge is 0.497 e. The van der Waals surface area contributed by atoms with E-state index in [4.69, 9.17) is 18.9 Å². The molecule has 0 aliphatic carbocycles. The Labute approximate surface area is 187 Å². The van der Waals surface area contributed by atoms with Gasteiger partial charge in [0.2, 0.25) is 5.91 Å². The third-order valence-corrected chi connectivity index (χ3v) is 4.91. The molecular weight excluding hydrogens is 410 g/mol. The van der Waals surface area contributed by atoms with Gasteiger partial charge in [0.1, 0.15) is 34.9 Å². The van der Waals surface area contributed by atoms with E-state index in [0.29, 0.717) is 28.8 Å². The summed E-state index contributed by atoms with van der Waals surface area (Å²) in [6, 6.07) is 10.3. The van der Waals surface area contributed by atoms with E-state index in [2.05, 4.69) is 10.3 Å². The predicted octanol–water partition coefficient (Wildman–Crippen LogP) is 3.37. The summed E-state index contributed by atoms with van der Waals surface area (Å²) in [6.07, 6.45) is 6.66. The summed E-state index contributed by atoms with van der Waals surface area (Å²) in [5.74, 6) is 2.89. The van der Waals surface area contributed by atoms with E-state index >= 15 is 0 Å². The lowest BCUT2D eigenvalue weighted by Crippen LogP contribution is -2.29. The van der Waals surface area contributed by atoms with E-state index in [1.54, 1.807) is 52.8 Å². The second-order valence-electron chi connectivity index (χ2n) is 6.96. The number of nitrogens with zero attached hydrogens (tertiary/aromatic N) is 2. The van der Waals surface area contributed by atoms with Crippen LogP contribution in [0.2, 0.25) is 0 Å². The topological polar surface area (TPSA) is 83.8 Å². The quantitative estimate of drug-likeness (QED) is 0.517. The molecule has 8 heteroatoms. The Bertz CT molecular complexity index is 1060. The third kappa shape index (κ3) is 5.40. The predicted molar refractivity (Wildman–Crippen MR) is 121 cm³/mol. The van der Waals surface area contributed by atoms with Gasteiger partial charge in [-0.1, -0.05) is 0 Å². The Balaban J connectivity index is 1.90. The lowest BCUT2D eigenvalue weighted by atomic mass is 10.0. The van der Waals surface area contributed by atoms with Crippen molar-refractivity contribution in [3.63, 3.8) is 0 Å². The first-order valence-corrected chi connectivity index (χ1v) is 9.89. The summed E-state index contributed by atoms with van der Waals surface area (Å²) in [4.78, 5) is 17.3. The zero-order chi connectivity index (χ0) is 23.1. The number of methoxy groups -OCH3 is 4. The summed E-state index contributed by atoms with van der Waals surface area (Å²) in [7, 11) is 8.19. The van der Waals surface area contributed by atoms with E-state index < -0.39 is 6.04 Å².